The van der Waals surface area contributed by atoms with E-state index in [0.29, 0.717) is 21.5 Å². The second kappa shape index (κ2) is 6.81. The van der Waals surface area contributed by atoms with Crippen molar-refractivity contribution in [1.29, 1.82) is 0 Å². The molecule has 7 nitrogen and oxygen atoms in total. The summed E-state index contributed by atoms with van der Waals surface area (Å²) in [7, 11) is 0. The van der Waals surface area contributed by atoms with E-state index in [9.17, 15) is 4.79 Å². The van der Waals surface area contributed by atoms with Crippen molar-refractivity contribution >= 4 is 22.9 Å². The van der Waals surface area contributed by atoms with E-state index in [-0.39, 0.29) is 12.1 Å². The maximum atomic E-state index is 12.1. The maximum absolute atomic E-state index is 12.1. The van der Waals surface area contributed by atoms with Gasteiger partial charge in [-0.1, -0.05) is 40.2 Å². The standard InChI is InChI=1S/C17H12ClN5O2S/c1-10-7-13(25-22-10)9-23-15(24)6-5-14(21-23)17-20-19-16(26-17)11-3-2-4-12(18)8-11/h2-8H,9H2,1H3. The maximum Gasteiger partial charge on any atom is 0.267 e. The molecule has 0 aliphatic carbocycles. The highest BCUT2D eigenvalue weighted by molar-refractivity contribution is 7.17. The van der Waals surface area contributed by atoms with Crippen LogP contribution in [0.25, 0.3) is 21.3 Å². The van der Waals surface area contributed by atoms with Gasteiger partial charge in [0.05, 0.1) is 5.69 Å². The van der Waals surface area contributed by atoms with Gasteiger partial charge in [0, 0.05) is 22.7 Å². The van der Waals surface area contributed by atoms with Crippen LogP contribution >= 0.6 is 22.9 Å². The average molecular weight is 386 g/mol. The van der Waals surface area contributed by atoms with Gasteiger partial charge in [0.25, 0.3) is 5.56 Å². The fourth-order valence-electron chi connectivity index (χ4n) is 2.38. The molecule has 9 heteroatoms. The Kier molecular flexibility index (Phi) is 4.36. The summed E-state index contributed by atoms with van der Waals surface area (Å²) < 4.78 is 6.47. The summed E-state index contributed by atoms with van der Waals surface area (Å²) in [5, 5.41) is 18.5. The lowest BCUT2D eigenvalue weighted by molar-refractivity contribution is 0.365. The minimum Gasteiger partial charge on any atom is -0.359 e. The van der Waals surface area contributed by atoms with Gasteiger partial charge < -0.3 is 4.52 Å². The first-order valence-electron chi connectivity index (χ1n) is 7.69. The first-order valence-corrected chi connectivity index (χ1v) is 8.88. The van der Waals surface area contributed by atoms with Crippen molar-refractivity contribution in [1.82, 2.24) is 25.1 Å². The van der Waals surface area contributed by atoms with Crippen LogP contribution in [0.15, 0.2) is 51.8 Å². The largest absolute Gasteiger partial charge is 0.359 e. The van der Waals surface area contributed by atoms with Gasteiger partial charge in [0.1, 0.15) is 17.2 Å². The Bertz CT molecular complexity index is 1130. The summed E-state index contributed by atoms with van der Waals surface area (Å²) in [6.45, 7) is 2.02. The molecule has 4 rings (SSSR count). The fourth-order valence-corrected chi connectivity index (χ4v) is 3.37. The molecular formula is C17H12ClN5O2S. The van der Waals surface area contributed by atoms with Gasteiger partial charge in [-0.25, -0.2) is 4.68 Å². The van der Waals surface area contributed by atoms with E-state index in [1.165, 1.54) is 22.1 Å². The Morgan fingerprint density at radius 2 is 2.00 bits per heavy atom. The van der Waals surface area contributed by atoms with E-state index in [1.807, 2.05) is 25.1 Å². The van der Waals surface area contributed by atoms with Crippen molar-refractivity contribution < 1.29 is 4.52 Å². The Morgan fingerprint density at radius 3 is 2.77 bits per heavy atom. The Hall–Kier alpha value is -2.84. The van der Waals surface area contributed by atoms with E-state index >= 15 is 0 Å². The number of benzene rings is 1. The highest BCUT2D eigenvalue weighted by atomic mass is 35.5. The van der Waals surface area contributed by atoms with Crippen LogP contribution in [0.1, 0.15) is 11.5 Å². The predicted molar refractivity (Wildman–Crippen MR) is 98.2 cm³/mol. The Morgan fingerprint density at radius 1 is 1.15 bits per heavy atom. The van der Waals surface area contributed by atoms with Crippen LogP contribution in [-0.4, -0.2) is 25.1 Å². The second-order valence-corrected chi connectivity index (χ2v) is 6.99. The molecule has 4 aromatic rings. The minimum atomic E-state index is -0.234. The molecule has 0 saturated carbocycles. The van der Waals surface area contributed by atoms with Crippen LogP contribution in [0, 0.1) is 6.92 Å². The molecule has 130 valence electrons. The SMILES string of the molecule is Cc1cc(Cn2nc(-c3nnc(-c4cccc(Cl)c4)s3)ccc2=O)on1. The summed E-state index contributed by atoms with van der Waals surface area (Å²) in [6, 6.07) is 12.2. The molecule has 0 atom stereocenters. The zero-order chi connectivity index (χ0) is 18.1. The third-order valence-corrected chi connectivity index (χ3v) is 4.79. The van der Waals surface area contributed by atoms with Gasteiger partial charge in [0.15, 0.2) is 10.8 Å². The van der Waals surface area contributed by atoms with Crippen LogP contribution in [0.2, 0.25) is 5.02 Å². The molecule has 3 aromatic heterocycles. The van der Waals surface area contributed by atoms with Gasteiger partial charge in [-0.15, -0.1) is 10.2 Å². The normalized spacial score (nSPS) is 11.0. The number of hydrogen-bond donors (Lipinski definition) is 0. The highest BCUT2D eigenvalue weighted by Gasteiger charge is 2.12. The molecule has 0 amide bonds. The average Bonchev–Trinajstić information content (AvgIpc) is 3.26. The highest BCUT2D eigenvalue weighted by Crippen LogP contribution is 2.29. The first-order chi connectivity index (χ1) is 12.6. The lowest BCUT2D eigenvalue weighted by Gasteiger charge is -2.02. The Labute approximate surface area is 156 Å². The Balaban J connectivity index is 1.66. The summed E-state index contributed by atoms with van der Waals surface area (Å²) >= 11 is 7.41. The van der Waals surface area contributed by atoms with Gasteiger partial charge in [-0.3, -0.25) is 4.79 Å². The van der Waals surface area contributed by atoms with Gasteiger partial charge >= 0.3 is 0 Å². The van der Waals surface area contributed by atoms with Crippen molar-refractivity contribution in [2.75, 3.05) is 0 Å². The molecule has 0 fully saturated rings. The van der Waals surface area contributed by atoms with Crippen LogP contribution in [0.4, 0.5) is 0 Å². The molecule has 1 aromatic carbocycles. The van der Waals surface area contributed by atoms with Crippen LogP contribution < -0.4 is 5.56 Å². The summed E-state index contributed by atoms with van der Waals surface area (Å²) in [6.07, 6.45) is 0. The molecule has 3 heterocycles. The van der Waals surface area contributed by atoms with E-state index < -0.39 is 0 Å². The van der Waals surface area contributed by atoms with Crippen LogP contribution in [0.3, 0.4) is 0 Å². The topological polar surface area (TPSA) is 86.7 Å². The quantitative estimate of drug-likeness (QED) is 0.535. The minimum absolute atomic E-state index is 0.202. The number of hydrogen-bond acceptors (Lipinski definition) is 7. The van der Waals surface area contributed by atoms with E-state index in [0.717, 1.165) is 16.3 Å². The molecule has 0 bridgehead atoms. The van der Waals surface area contributed by atoms with Crippen molar-refractivity contribution in [3.8, 4) is 21.3 Å². The van der Waals surface area contributed by atoms with E-state index in [1.54, 1.807) is 18.2 Å². The van der Waals surface area contributed by atoms with Crippen LogP contribution in [-0.2, 0) is 6.54 Å². The molecule has 0 spiro atoms. The number of rotatable bonds is 4. The summed E-state index contributed by atoms with van der Waals surface area (Å²) in [5.41, 5.74) is 1.96. The summed E-state index contributed by atoms with van der Waals surface area (Å²) in [5.74, 6) is 0.561. The van der Waals surface area contributed by atoms with Crippen molar-refractivity contribution in [2.45, 2.75) is 13.5 Å². The lowest BCUT2D eigenvalue weighted by atomic mass is 10.2. The van der Waals surface area contributed by atoms with Crippen molar-refractivity contribution in [3.05, 3.63) is 69.3 Å². The van der Waals surface area contributed by atoms with Gasteiger partial charge in [-0.2, -0.15) is 5.10 Å². The molecular weight excluding hydrogens is 374 g/mol. The van der Waals surface area contributed by atoms with Gasteiger partial charge in [0.2, 0.25) is 0 Å². The van der Waals surface area contributed by atoms with Crippen molar-refractivity contribution in [2.24, 2.45) is 0 Å². The number of halogens is 1. The smallest absolute Gasteiger partial charge is 0.267 e. The molecule has 26 heavy (non-hydrogen) atoms. The third kappa shape index (κ3) is 3.42. The summed E-state index contributed by atoms with van der Waals surface area (Å²) in [4.78, 5) is 12.1. The molecule has 0 aliphatic heterocycles. The molecule has 0 aliphatic rings. The first kappa shape index (κ1) is 16.6. The molecule has 0 saturated heterocycles. The molecule has 0 N–H and O–H groups in total. The van der Waals surface area contributed by atoms with Crippen molar-refractivity contribution in [3.63, 3.8) is 0 Å². The van der Waals surface area contributed by atoms with E-state index in [4.69, 9.17) is 16.1 Å². The lowest BCUT2D eigenvalue weighted by Crippen LogP contribution is -2.22. The second-order valence-electron chi connectivity index (χ2n) is 5.57. The zero-order valence-corrected chi connectivity index (χ0v) is 15.2. The van der Waals surface area contributed by atoms with Crippen LogP contribution in [0.5, 0.6) is 0 Å². The predicted octanol–water partition coefficient (Wildman–Crippen LogP) is 3.43. The number of aromatic nitrogens is 5. The number of aryl methyl sites for hydroxylation is 1. The molecule has 0 radical (unpaired) electrons. The fraction of sp³-hybridized carbons (Fsp3) is 0.118. The third-order valence-electron chi connectivity index (χ3n) is 3.56. The van der Waals surface area contributed by atoms with Gasteiger partial charge in [-0.05, 0) is 25.1 Å². The monoisotopic (exact) mass is 385 g/mol. The van der Waals surface area contributed by atoms with E-state index in [2.05, 4.69) is 20.5 Å². The zero-order valence-electron chi connectivity index (χ0n) is 13.6. The molecule has 0 unspecified atom stereocenters. The number of nitrogens with zero attached hydrogens (tertiary/aromatic N) is 5.